The molecular formula is C8H12N2O. The van der Waals surface area contributed by atoms with E-state index in [1.165, 1.54) is 0 Å². The van der Waals surface area contributed by atoms with Crippen LogP contribution in [0.3, 0.4) is 0 Å². The molecule has 0 saturated heterocycles. The van der Waals surface area contributed by atoms with Gasteiger partial charge in [-0.1, -0.05) is 6.08 Å². The molecular weight excluding hydrogens is 140 g/mol. The van der Waals surface area contributed by atoms with E-state index in [2.05, 4.69) is 11.9 Å². The SMILES string of the molecule is C=CCC(C)NC(=O)CC#N. The largest absolute Gasteiger partial charge is 0.352 e. The van der Waals surface area contributed by atoms with Gasteiger partial charge in [0.25, 0.3) is 0 Å². The summed E-state index contributed by atoms with van der Waals surface area (Å²) in [4.78, 5) is 10.8. The van der Waals surface area contributed by atoms with Crippen molar-refractivity contribution in [2.24, 2.45) is 0 Å². The van der Waals surface area contributed by atoms with E-state index in [0.717, 1.165) is 6.42 Å². The van der Waals surface area contributed by atoms with E-state index in [1.807, 2.05) is 6.92 Å². The van der Waals surface area contributed by atoms with Gasteiger partial charge >= 0.3 is 0 Å². The quantitative estimate of drug-likeness (QED) is 0.610. The van der Waals surface area contributed by atoms with Crippen molar-refractivity contribution in [3.8, 4) is 6.07 Å². The minimum Gasteiger partial charge on any atom is -0.352 e. The molecule has 1 amide bonds. The Morgan fingerprint density at radius 3 is 3.00 bits per heavy atom. The zero-order valence-electron chi connectivity index (χ0n) is 6.63. The molecule has 60 valence electrons. The van der Waals surface area contributed by atoms with Crippen LogP contribution in [0.15, 0.2) is 12.7 Å². The van der Waals surface area contributed by atoms with E-state index in [0.29, 0.717) is 0 Å². The van der Waals surface area contributed by atoms with Crippen LogP contribution in [0, 0.1) is 11.3 Å². The predicted octanol–water partition coefficient (Wildman–Crippen LogP) is 0.981. The molecule has 0 aliphatic rings. The van der Waals surface area contributed by atoms with Crippen molar-refractivity contribution in [1.29, 1.82) is 5.26 Å². The lowest BCUT2D eigenvalue weighted by molar-refractivity contribution is -0.120. The van der Waals surface area contributed by atoms with Crippen LogP contribution in [0.1, 0.15) is 19.8 Å². The average Bonchev–Trinajstić information content (AvgIpc) is 1.87. The normalized spacial score (nSPS) is 11.3. The molecule has 1 unspecified atom stereocenters. The number of nitrogens with zero attached hydrogens (tertiary/aromatic N) is 1. The van der Waals surface area contributed by atoms with Gasteiger partial charge in [-0.2, -0.15) is 5.26 Å². The second-order valence-corrected chi connectivity index (χ2v) is 2.33. The number of amides is 1. The summed E-state index contributed by atoms with van der Waals surface area (Å²) in [5, 5.41) is 10.8. The number of carbonyl (C=O) groups is 1. The molecule has 0 aromatic heterocycles. The van der Waals surface area contributed by atoms with Crippen LogP contribution < -0.4 is 5.32 Å². The van der Waals surface area contributed by atoms with Gasteiger partial charge in [0.15, 0.2) is 0 Å². The van der Waals surface area contributed by atoms with Crippen LogP contribution in [0.4, 0.5) is 0 Å². The minimum absolute atomic E-state index is 0.0680. The van der Waals surface area contributed by atoms with Crippen molar-refractivity contribution >= 4 is 5.91 Å². The summed E-state index contributed by atoms with van der Waals surface area (Å²) in [6, 6.07) is 1.85. The molecule has 0 radical (unpaired) electrons. The lowest BCUT2D eigenvalue weighted by Gasteiger charge is -2.08. The van der Waals surface area contributed by atoms with Gasteiger partial charge in [0.2, 0.25) is 5.91 Å². The van der Waals surface area contributed by atoms with E-state index >= 15 is 0 Å². The van der Waals surface area contributed by atoms with Crippen LogP contribution in [0.5, 0.6) is 0 Å². The molecule has 1 atom stereocenters. The Hall–Kier alpha value is -1.30. The van der Waals surface area contributed by atoms with Crippen molar-refractivity contribution in [1.82, 2.24) is 5.32 Å². The summed E-state index contributed by atoms with van der Waals surface area (Å²) < 4.78 is 0. The highest BCUT2D eigenvalue weighted by Crippen LogP contribution is 1.90. The Bertz CT molecular complexity index is 181. The molecule has 0 aliphatic carbocycles. The first-order valence-corrected chi connectivity index (χ1v) is 3.48. The summed E-state index contributed by atoms with van der Waals surface area (Å²) in [5.74, 6) is -0.221. The highest BCUT2D eigenvalue weighted by Gasteiger charge is 2.03. The highest BCUT2D eigenvalue weighted by molar-refractivity contribution is 5.78. The second-order valence-electron chi connectivity index (χ2n) is 2.33. The first-order chi connectivity index (χ1) is 5.20. The van der Waals surface area contributed by atoms with E-state index in [4.69, 9.17) is 5.26 Å². The average molecular weight is 152 g/mol. The third-order valence-corrected chi connectivity index (χ3v) is 1.17. The first kappa shape index (κ1) is 9.70. The fourth-order valence-electron chi connectivity index (χ4n) is 0.707. The van der Waals surface area contributed by atoms with Gasteiger partial charge in [0.1, 0.15) is 6.42 Å². The minimum atomic E-state index is -0.221. The maximum Gasteiger partial charge on any atom is 0.234 e. The summed E-state index contributed by atoms with van der Waals surface area (Å²) in [7, 11) is 0. The first-order valence-electron chi connectivity index (χ1n) is 3.48. The van der Waals surface area contributed by atoms with Gasteiger partial charge in [-0.15, -0.1) is 6.58 Å². The fraction of sp³-hybridized carbons (Fsp3) is 0.500. The number of carbonyl (C=O) groups excluding carboxylic acids is 1. The zero-order chi connectivity index (χ0) is 8.69. The van der Waals surface area contributed by atoms with Crippen molar-refractivity contribution < 1.29 is 4.79 Å². The smallest absolute Gasteiger partial charge is 0.234 e. The van der Waals surface area contributed by atoms with Crippen LogP contribution in [0.2, 0.25) is 0 Å². The van der Waals surface area contributed by atoms with Gasteiger partial charge < -0.3 is 5.32 Å². The molecule has 0 aromatic carbocycles. The van der Waals surface area contributed by atoms with E-state index < -0.39 is 0 Å². The summed E-state index contributed by atoms with van der Waals surface area (Å²) >= 11 is 0. The van der Waals surface area contributed by atoms with Crippen LogP contribution >= 0.6 is 0 Å². The molecule has 3 heteroatoms. The Morgan fingerprint density at radius 1 is 1.91 bits per heavy atom. The molecule has 0 bridgehead atoms. The highest BCUT2D eigenvalue weighted by atomic mass is 16.1. The number of nitriles is 1. The van der Waals surface area contributed by atoms with E-state index in [-0.39, 0.29) is 18.4 Å². The third kappa shape index (κ3) is 5.16. The Kier molecular flexibility index (Phi) is 4.83. The van der Waals surface area contributed by atoms with Gasteiger partial charge in [-0.3, -0.25) is 4.79 Å². The topological polar surface area (TPSA) is 52.9 Å². The molecule has 11 heavy (non-hydrogen) atoms. The molecule has 0 spiro atoms. The zero-order valence-corrected chi connectivity index (χ0v) is 6.63. The molecule has 0 saturated carbocycles. The van der Waals surface area contributed by atoms with E-state index in [9.17, 15) is 4.79 Å². The van der Waals surface area contributed by atoms with Gasteiger partial charge in [0.05, 0.1) is 6.07 Å². The van der Waals surface area contributed by atoms with Crippen LogP contribution in [-0.4, -0.2) is 11.9 Å². The second kappa shape index (κ2) is 5.48. The van der Waals surface area contributed by atoms with Crippen molar-refractivity contribution in [2.45, 2.75) is 25.8 Å². The van der Waals surface area contributed by atoms with Crippen molar-refractivity contribution in [3.05, 3.63) is 12.7 Å². The number of hydrogen-bond acceptors (Lipinski definition) is 2. The Balaban J connectivity index is 3.58. The monoisotopic (exact) mass is 152 g/mol. The summed E-state index contributed by atoms with van der Waals surface area (Å²) in [6.45, 7) is 5.41. The molecule has 0 fully saturated rings. The number of hydrogen-bond donors (Lipinski definition) is 1. The standard InChI is InChI=1S/C8H12N2O/c1-3-4-7(2)10-8(11)5-6-9/h3,7H,1,4-5H2,2H3,(H,10,11). The molecule has 1 N–H and O–H groups in total. The maximum absolute atomic E-state index is 10.8. The lowest BCUT2D eigenvalue weighted by atomic mass is 10.2. The van der Waals surface area contributed by atoms with E-state index in [1.54, 1.807) is 12.1 Å². The lowest BCUT2D eigenvalue weighted by Crippen LogP contribution is -2.31. The molecule has 0 aromatic rings. The van der Waals surface area contributed by atoms with Crippen molar-refractivity contribution in [2.75, 3.05) is 0 Å². The number of rotatable bonds is 4. The van der Waals surface area contributed by atoms with Crippen molar-refractivity contribution in [3.63, 3.8) is 0 Å². The molecule has 3 nitrogen and oxygen atoms in total. The van der Waals surface area contributed by atoms with Crippen LogP contribution in [-0.2, 0) is 4.79 Å². The van der Waals surface area contributed by atoms with Gasteiger partial charge in [-0.05, 0) is 13.3 Å². The third-order valence-electron chi connectivity index (χ3n) is 1.17. The predicted molar refractivity (Wildman–Crippen MR) is 42.6 cm³/mol. The van der Waals surface area contributed by atoms with Gasteiger partial charge in [-0.25, -0.2) is 0 Å². The summed E-state index contributed by atoms with van der Waals surface area (Å²) in [6.07, 6.45) is 2.40. The number of nitrogens with one attached hydrogen (secondary N) is 1. The molecule has 0 aliphatic heterocycles. The molecule has 0 heterocycles. The Labute approximate surface area is 66.7 Å². The Morgan fingerprint density at radius 2 is 2.55 bits per heavy atom. The fourth-order valence-corrected chi connectivity index (χ4v) is 0.707. The van der Waals surface area contributed by atoms with Crippen LogP contribution in [0.25, 0.3) is 0 Å². The van der Waals surface area contributed by atoms with Gasteiger partial charge in [0, 0.05) is 6.04 Å². The molecule has 0 rings (SSSR count). The summed E-state index contributed by atoms with van der Waals surface area (Å²) in [5.41, 5.74) is 0. The maximum atomic E-state index is 10.8.